The van der Waals surface area contributed by atoms with Gasteiger partial charge in [-0.15, -0.1) is 0 Å². The van der Waals surface area contributed by atoms with E-state index in [0.29, 0.717) is 0 Å². The Morgan fingerprint density at radius 2 is 1.39 bits per heavy atom. The number of hydrogen-bond acceptors (Lipinski definition) is 16. The SMILES string of the molecule is CN[C@H]1[C@H](OC2[C@@H](CO)O[C@@H](O)[C@H](N)[C@H]2O)O[C@H](CO)C(O[C@H]2O[C@@](I)(CO)[C@@H](O)[C@H](O)[C@H]2N)[C@@H]1O. The summed E-state index contributed by atoms with van der Waals surface area (Å²) in [5.74, 6) is 0. The molecular weight excluding hydrogens is 605 g/mol. The van der Waals surface area contributed by atoms with Gasteiger partial charge in [0.05, 0.1) is 37.9 Å². The number of rotatable bonds is 8. The van der Waals surface area contributed by atoms with Crippen molar-refractivity contribution in [2.75, 3.05) is 26.9 Å². The van der Waals surface area contributed by atoms with Crippen molar-refractivity contribution >= 4 is 22.6 Å². The van der Waals surface area contributed by atoms with Crippen molar-refractivity contribution in [3.63, 3.8) is 0 Å². The van der Waals surface area contributed by atoms with Gasteiger partial charge in [-0.1, -0.05) is 0 Å². The maximum absolute atomic E-state index is 11.1. The molecule has 3 heterocycles. The van der Waals surface area contributed by atoms with Gasteiger partial charge in [0.1, 0.15) is 48.8 Å². The summed E-state index contributed by atoms with van der Waals surface area (Å²) in [7, 11) is 1.47. The van der Waals surface area contributed by atoms with E-state index < -0.39 is 109 Å². The molecular formula is C19H36IN3O13. The summed E-state index contributed by atoms with van der Waals surface area (Å²) >= 11 is 1.61. The van der Waals surface area contributed by atoms with Crippen LogP contribution in [0.3, 0.4) is 0 Å². The maximum Gasteiger partial charge on any atom is 0.177 e. The first kappa shape index (κ1) is 30.6. The zero-order valence-electron chi connectivity index (χ0n) is 19.4. The standard InChI is InChI=1S/C19H36IN3O13/c1-23-9-12(29)14(34-17-8(22)11(28)15(30)19(20,4-26)36-17)6(3-25)33-18(9)35-13-5(2-24)32-16(31)7(21)10(13)27/h5-18,23-31H,2-4,21-22H2,1H3/t5-,6-,7-,8-,9-,10-,11-,12-,13?,14?,15+,16-,17+,18+,19+/m1/s1. The van der Waals surface area contributed by atoms with Crippen LogP contribution in [-0.2, 0) is 23.7 Å². The molecule has 17 heteroatoms. The van der Waals surface area contributed by atoms with Crippen molar-refractivity contribution in [3.05, 3.63) is 0 Å². The van der Waals surface area contributed by atoms with Crippen LogP contribution >= 0.6 is 22.6 Å². The molecule has 0 aromatic carbocycles. The third kappa shape index (κ3) is 5.82. The molecule has 3 saturated heterocycles. The Morgan fingerprint density at radius 1 is 0.833 bits per heavy atom. The Balaban J connectivity index is 1.78. The first-order chi connectivity index (χ1) is 16.9. The molecule has 16 nitrogen and oxygen atoms in total. The lowest BCUT2D eigenvalue weighted by Gasteiger charge is -2.50. The van der Waals surface area contributed by atoms with Crippen molar-refractivity contribution in [2.45, 2.75) is 89.4 Å². The third-order valence-corrected chi connectivity index (χ3v) is 7.92. The van der Waals surface area contributed by atoms with E-state index in [0.717, 1.165) is 0 Å². The van der Waals surface area contributed by atoms with E-state index in [-0.39, 0.29) is 0 Å². The summed E-state index contributed by atoms with van der Waals surface area (Å²) in [5.41, 5.74) is 11.7. The van der Waals surface area contributed by atoms with Gasteiger partial charge in [0.2, 0.25) is 0 Å². The van der Waals surface area contributed by atoms with Gasteiger partial charge in [0, 0.05) is 0 Å². The molecule has 0 spiro atoms. The van der Waals surface area contributed by atoms with Gasteiger partial charge in [-0.2, -0.15) is 0 Å². The van der Waals surface area contributed by atoms with Crippen LogP contribution in [0.2, 0.25) is 0 Å². The molecule has 0 amide bonds. The number of halogens is 1. The molecule has 3 rings (SSSR count). The van der Waals surface area contributed by atoms with Gasteiger partial charge in [-0.05, 0) is 29.6 Å². The number of hydrogen-bond donors (Lipinski definition) is 11. The molecule has 0 radical (unpaired) electrons. The van der Waals surface area contributed by atoms with Gasteiger partial charge >= 0.3 is 0 Å². The lowest BCUT2D eigenvalue weighted by molar-refractivity contribution is -0.351. The van der Waals surface area contributed by atoms with E-state index >= 15 is 0 Å². The molecule has 36 heavy (non-hydrogen) atoms. The van der Waals surface area contributed by atoms with Crippen LogP contribution in [0, 0.1) is 0 Å². The van der Waals surface area contributed by atoms with Crippen molar-refractivity contribution in [2.24, 2.45) is 11.5 Å². The third-order valence-electron chi connectivity index (χ3n) is 6.69. The van der Waals surface area contributed by atoms with E-state index in [2.05, 4.69) is 5.32 Å². The highest BCUT2D eigenvalue weighted by Gasteiger charge is 2.55. The second kappa shape index (κ2) is 12.5. The summed E-state index contributed by atoms with van der Waals surface area (Å²) < 4.78 is 26.6. The predicted molar refractivity (Wildman–Crippen MR) is 125 cm³/mol. The summed E-state index contributed by atoms with van der Waals surface area (Å²) in [6, 6.07) is -3.57. The van der Waals surface area contributed by atoms with Gasteiger partial charge in [-0.3, -0.25) is 0 Å². The Hall–Kier alpha value is 0.0900. The monoisotopic (exact) mass is 641 g/mol. The quantitative estimate of drug-likeness (QED) is 0.0868. The predicted octanol–water partition coefficient (Wildman–Crippen LogP) is -6.65. The van der Waals surface area contributed by atoms with Crippen LogP contribution in [-0.4, -0.2) is 157 Å². The fraction of sp³-hybridized carbons (Fsp3) is 1.00. The molecule has 0 aromatic heterocycles. The smallest absolute Gasteiger partial charge is 0.177 e. The lowest BCUT2D eigenvalue weighted by atomic mass is 9.94. The van der Waals surface area contributed by atoms with Crippen LogP contribution in [0.25, 0.3) is 0 Å². The summed E-state index contributed by atoms with van der Waals surface area (Å²) in [6.07, 6.45) is -15.3. The number of ether oxygens (including phenoxy) is 5. The highest BCUT2D eigenvalue weighted by molar-refractivity contribution is 14.1. The molecule has 3 aliphatic heterocycles. The normalized spacial score (nSPS) is 52.3. The van der Waals surface area contributed by atoms with E-state index in [1.807, 2.05) is 0 Å². The van der Waals surface area contributed by atoms with E-state index in [1.165, 1.54) is 7.05 Å². The van der Waals surface area contributed by atoms with Crippen molar-refractivity contribution in [1.82, 2.24) is 5.32 Å². The molecule has 0 aromatic rings. The highest BCUT2D eigenvalue weighted by atomic mass is 127. The van der Waals surface area contributed by atoms with Crippen LogP contribution < -0.4 is 16.8 Å². The van der Waals surface area contributed by atoms with Crippen LogP contribution in [0.5, 0.6) is 0 Å². The fourth-order valence-electron chi connectivity index (χ4n) is 4.46. The first-order valence-corrected chi connectivity index (χ1v) is 12.4. The number of nitrogens with two attached hydrogens (primary N) is 2. The van der Waals surface area contributed by atoms with Crippen molar-refractivity contribution in [1.29, 1.82) is 0 Å². The van der Waals surface area contributed by atoms with Gasteiger partial charge in [0.25, 0.3) is 0 Å². The minimum absolute atomic E-state index is 0.631. The zero-order valence-corrected chi connectivity index (χ0v) is 21.5. The van der Waals surface area contributed by atoms with Gasteiger partial charge in [0.15, 0.2) is 22.5 Å². The van der Waals surface area contributed by atoms with Crippen LogP contribution in [0.1, 0.15) is 0 Å². The molecule has 212 valence electrons. The second-order valence-electron chi connectivity index (χ2n) is 8.99. The zero-order chi connectivity index (χ0) is 26.9. The molecule has 3 aliphatic rings. The molecule has 15 atom stereocenters. The topological polar surface area (TPSA) is 272 Å². The average molecular weight is 641 g/mol. The summed E-state index contributed by atoms with van der Waals surface area (Å²) in [6.45, 7) is -1.99. The highest BCUT2D eigenvalue weighted by Crippen LogP contribution is 2.37. The first-order valence-electron chi connectivity index (χ1n) is 11.3. The molecule has 0 bridgehead atoms. The Labute approximate surface area is 220 Å². The summed E-state index contributed by atoms with van der Waals surface area (Å²) in [4.78, 5) is 0. The Bertz CT molecular complexity index is 715. The minimum Gasteiger partial charge on any atom is -0.394 e. The largest absolute Gasteiger partial charge is 0.394 e. The van der Waals surface area contributed by atoms with Crippen molar-refractivity contribution < 1.29 is 64.5 Å². The summed E-state index contributed by atoms with van der Waals surface area (Å²) in [5, 5.41) is 84.0. The molecule has 3 fully saturated rings. The van der Waals surface area contributed by atoms with Gasteiger partial charge in [-0.25, -0.2) is 0 Å². The molecule has 0 saturated carbocycles. The fourth-order valence-corrected chi connectivity index (χ4v) is 5.07. The number of nitrogens with one attached hydrogen (secondary N) is 1. The number of aliphatic hydroxyl groups excluding tert-OH is 8. The molecule has 0 aliphatic carbocycles. The molecule has 13 N–H and O–H groups in total. The molecule has 2 unspecified atom stereocenters. The van der Waals surface area contributed by atoms with E-state index in [9.17, 15) is 40.9 Å². The maximum atomic E-state index is 11.1. The van der Waals surface area contributed by atoms with Crippen LogP contribution in [0.4, 0.5) is 0 Å². The lowest BCUT2D eigenvalue weighted by Crippen LogP contribution is -2.70. The minimum atomic E-state index is -1.65. The number of alkyl halides is 1. The van der Waals surface area contributed by atoms with E-state index in [4.69, 9.17) is 35.2 Å². The second-order valence-corrected chi connectivity index (χ2v) is 10.8. The number of aliphatic hydroxyl groups is 8. The average Bonchev–Trinajstić information content (AvgIpc) is 2.87. The van der Waals surface area contributed by atoms with Crippen molar-refractivity contribution in [3.8, 4) is 0 Å². The number of likely N-dealkylation sites (N-methyl/N-ethyl adjacent to an activating group) is 1. The van der Waals surface area contributed by atoms with Gasteiger partial charge < -0.3 is 81.3 Å². The Morgan fingerprint density at radius 3 is 1.94 bits per heavy atom. The van der Waals surface area contributed by atoms with E-state index in [1.54, 1.807) is 22.6 Å². The Kier molecular flexibility index (Phi) is 10.6. The van der Waals surface area contributed by atoms with Crippen LogP contribution in [0.15, 0.2) is 0 Å².